The van der Waals surface area contributed by atoms with Crippen LogP contribution >= 0.6 is 0 Å². The van der Waals surface area contributed by atoms with E-state index >= 15 is 0 Å². The number of carbonyl (C=O) groups is 1. The standard InChI is InChI=1S/C23H27FN2O3/c1-25-10-9-19-20-13-18(27)7-4-16(20)12-21(25)23(19)26(14-22(28)29)11-8-15-2-5-17(24)6-3-15/h2-7,13,19,21,23,27H,8-12,14H2,1H3,(H,28,29). The lowest BCUT2D eigenvalue weighted by Crippen LogP contribution is -2.61. The van der Waals surface area contributed by atoms with Crippen LogP contribution in [-0.4, -0.2) is 64.7 Å². The third kappa shape index (κ3) is 4.14. The number of phenols is 1. The highest BCUT2D eigenvalue weighted by atomic mass is 19.1. The van der Waals surface area contributed by atoms with Crippen LogP contribution in [0.2, 0.25) is 0 Å². The van der Waals surface area contributed by atoms with E-state index in [0.717, 1.165) is 30.5 Å². The molecule has 2 aromatic rings. The third-order valence-corrected chi connectivity index (χ3v) is 6.48. The second kappa shape index (κ2) is 8.13. The van der Waals surface area contributed by atoms with Gasteiger partial charge in [0.05, 0.1) is 6.54 Å². The molecule has 29 heavy (non-hydrogen) atoms. The Hall–Kier alpha value is -2.44. The van der Waals surface area contributed by atoms with Crippen LogP contribution < -0.4 is 0 Å². The number of fused-ring (bicyclic) bond motifs is 4. The van der Waals surface area contributed by atoms with Gasteiger partial charge in [0.25, 0.3) is 0 Å². The number of hydrogen-bond donors (Lipinski definition) is 2. The van der Waals surface area contributed by atoms with Gasteiger partial charge in [-0.05, 0) is 73.8 Å². The molecule has 1 aliphatic heterocycles. The summed E-state index contributed by atoms with van der Waals surface area (Å²) in [6, 6.07) is 12.3. The number of likely N-dealkylation sites (N-methyl/N-ethyl adjacent to an activating group) is 1. The van der Waals surface area contributed by atoms with E-state index in [4.69, 9.17) is 0 Å². The SMILES string of the molecule is CN1CCC2c3cc(O)ccc3CC1C2N(CCc1ccc(F)cc1)CC(=O)O. The molecule has 2 N–H and O–H groups in total. The number of aliphatic carboxylic acids is 1. The Morgan fingerprint density at radius 2 is 2.00 bits per heavy atom. The number of carboxylic acid groups (broad SMARTS) is 1. The summed E-state index contributed by atoms with van der Waals surface area (Å²) in [5.74, 6) is -0.655. The molecule has 5 nitrogen and oxygen atoms in total. The van der Waals surface area contributed by atoms with Crippen molar-refractivity contribution in [3.05, 3.63) is 65.0 Å². The van der Waals surface area contributed by atoms with Gasteiger partial charge in [0.1, 0.15) is 11.6 Å². The highest BCUT2D eigenvalue weighted by Gasteiger charge is 2.45. The molecule has 0 amide bonds. The maximum absolute atomic E-state index is 13.2. The van der Waals surface area contributed by atoms with Gasteiger partial charge in [0, 0.05) is 24.5 Å². The molecule has 1 fully saturated rings. The number of hydrogen-bond acceptors (Lipinski definition) is 4. The van der Waals surface area contributed by atoms with Gasteiger partial charge in [-0.1, -0.05) is 18.2 Å². The highest BCUT2D eigenvalue weighted by Crippen LogP contribution is 2.43. The van der Waals surface area contributed by atoms with Crippen molar-refractivity contribution < 1.29 is 19.4 Å². The quantitative estimate of drug-likeness (QED) is 0.784. The summed E-state index contributed by atoms with van der Waals surface area (Å²) >= 11 is 0. The largest absolute Gasteiger partial charge is 0.508 e. The van der Waals surface area contributed by atoms with Gasteiger partial charge >= 0.3 is 5.97 Å². The van der Waals surface area contributed by atoms with E-state index in [9.17, 15) is 19.4 Å². The second-order valence-corrected chi connectivity index (χ2v) is 8.26. The molecule has 0 saturated carbocycles. The van der Waals surface area contributed by atoms with Crippen molar-refractivity contribution in [3.8, 4) is 5.75 Å². The molecule has 1 heterocycles. The minimum Gasteiger partial charge on any atom is -0.508 e. The van der Waals surface area contributed by atoms with Crippen LogP contribution in [-0.2, 0) is 17.6 Å². The average molecular weight is 398 g/mol. The topological polar surface area (TPSA) is 64.0 Å². The Balaban J connectivity index is 1.63. The van der Waals surface area contributed by atoms with Crippen molar-refractivity contribution in [2.24, 2.45) is 0 Å². The number of halogens is 1. The fourth-order valence-corrected chi connectivity index (χ4v) is 5.09. The van der Waals surface area contributed by atoms with E-state index in [1.807, 2.05) is 12.1 Å². The van der Waals surface area contributed by atoms with Crippen molar-refractivity contribution >= 4 is 5.97 Å². The predicted molar refractivity (Wildman–Crippen MR) is 109 cm³/mol. The summed E-state index contributed by atoms with van der Waals surface area (Å²) in [6.45, 7) is 1.53. The van der Waals surface area contributed by atoms with Crippen LogP contribution in [0.3, 0.4) is 0 Å². The van der Waals surface area contributed by atoms with Gasteiger partial charge in [-0.2, -0.15) is 0 Å². The Morgan fingerprint density at radius 1 is 1.24 bits per heavy atom. The number of benzene rings is 2. The fourth-order valence-electron chi connectivity index (χ4n) is 5.09. The van der Waals surface area contributed by atoms with E-state index < -0.39 is 5.97 Å². The summed E-state index contributed by atoms with van der Waals surface area (Å²) in [5.41, 5.74) is 3.39. The molecule has 0 radical (unpaired) electrons. The molecule has 3 unspecified atom stereocenters. The Morgan fingerprint density at radius 3 is 2.72 bits per heavy atom. The van der Waals surface area contributed by atoms with Crippen molar-refractivity contribution in [1.82, 2.24) is 9.80 Å². The summed E-state index contributed by atoms with van der Waals surface area (Å²) in [5, 5.41) is 19.6. The lowest BCUT2D eigenvalue weighted by atomic mass is 9.71. The molecule has 2 aromatic carbocycles. The van der Waals surface area contributed by atoms with Crippen LogP contribution in [0.25, 0.3) is 0 Å². The zero-order valence-corrected chi connectivity index (χ0v) is 16.6. The maximum Gasteiger partial charge on any atom is 0.317 e. The molecule has 1 saturated heterocycles. The zero-order chi connectivity index (χ0) is 20.5. The minimum absolute atomic E-state index is 0.0269. The summed E-state index contributed by atoms with van der Waals surface area (Å²) in [4.78, 5) is 16.1. The summed E-state index contributed by atoms with van der Waals surface area (Å²) < 4.78 is 13.2. The normalized spacial score (nSPS) is 23.8. The van der Waals surface area contributed by atoms with E-state index in [0.29, 0.717) is 13.0 Å². The number of likely N-dealkylation sites (tertiary alicyclic amines) is 1. The number of rotatable bonds is 6. The summed E-state index contributed by atoms with van der Waals surface area (Å²) in [7, 11) is 2.11. The minimum atomic E-state index is -0.841. The van der Waals surface area contributed by atoms with Gasteiger partial charge in [0.2, 0.25) is 0 Å². The molecular weight excluding hydrogens is 371 g/mol. The molecule has 0 aromatic heterocycles. The number of carboxylic acids is 1. The molecule has 2 bridgehead atoms. The smallest absolute Gasteiger partial charge is 0.317 e. The maximum atomic E-state index is 13.2. The van der Waals surface area contributed by atoms with Gasteiger partial charge in [0.15, 0.2) is 0 Å². The zero-order valence-electron chi connectivity index (χ0n) is 16.6. The number of phenolic OH excluding ortho intramolecular Hbond substituents is 1. The van der Waals surface area contributed by atoms with E-state index in [2.05, 4.69) is 16.8 Å². The first-order valence-corrected chi connectivity index (χ1v) is 10.1. The van der Waals surface area contributed by atoms with Crippen molar-refractivity contribution in [2.75, 3.05) is 26.7 Å². The van der Waals surface area contributed by atoms with Gasteiger partial charge < -0.3 is 15.1 Å². The van der Waals surface area contributed by atoms with Gasteiger partial charge in [-0.3, -0.25) is 9.69 Å². The van der Waals surface area contributed by atoms with Crippen LogP contribution in [0.5, 0.6) is 5.75 Å². The summed E-state index contributed by atoms with van der Waals surface area (Å²) in [6.07, 6.45) is 2.45. The van der Waals surface area contributed by atoms with Crippen molar-refractivity contribution in [1.29, 1.82) is 0 Å². The van der Waals surface area contributed by atoms with Gasteiger partial charge in [-0.25, -0.2) is 4.39 Å². The predicted octanol–water partition coefficient (Wildman–Crippen LogP) is 2.87. The molecule has 4 rings (SSSR count). The van der Waals surface area contributed by atoms with Crippen LogP contribution in [0.15, 0.2) is 42.5 Å². The van der Waals surface area contributed by atoms with Crippen LogP contribution in [0.4, 0.5) is 4.39 Å². The average Bonchev–Trinajstić information content (AvgIpc) is 2.69. The second-order valence-electron chi connectivity index (χ2n) is 8.26. The molecule has 2 aliphatic rings. The number of aromatic hydroxyl groups is 1. The Bertz CT molecular complexity index is 886. The lowest BCUT2D eigenvalue weighted by molar-refractivity contribution is -0.139. The third-order valence-electron chi connectivity index (χ3n) is 6.48. The van der Waals surface area contributed by atoms with E-state index in [-0.39, 0.29) is 36.1 Å². The first-order chi connectivity index (χ1) is 13.9. The number of piperidine rings is 1. The first-order valence-electron chi connectivity index (χ1n) is 10.1. The Labute approximate surface area is 170 Å². The molecule has 3 atom stereocenters. The molecular formula is C23H27FN2O3. The molecule has 6 heteroatoms. The van der Waals surface area contributed by atoms with Crippen molar-refractivity contribution in [2.45, 2.75) is 37.3 Å². The highest BCUT2D eigenvalue weighted by molar-refractivity contribution is 5.69. The fraction of sp³-hybridized carbons (Fsp3) is 0.435. The lowest BCUT2D eigenvalue weighted by Gasteiger charge is -2.52. The van der Waals surface area contributed by atoms with Crippen LogP contribution in [0, 0.1) is 5.82 Å². The van der Waals surface area contributed by atoms with Crippen molar-refractivity contribution in [3.63, 3.8) is 0 Å². The monoisotopic (exact) mass is 398 g/mol. The molecule has 154 valence electrons. The number of nitrogens with zero attached hydrogens (tertiary/aromatic N) is 2. The van der Waals surface area contributed by atoms with Crippen LogP contribution in [0.1, 0.15) is 29.0 Å². The van der Waals surface area contributed by atoms with E-state index in [1.54, 1.807) is 18.2 Å². The van der Waals surface area contributed by atoms with E-state index in [1.165, 1.54) is 17.7 Å². The Kier molecular flexibility index (Phi) is 5.56. The molecule has 0 spiro atoms. The van der Waals surface area contributed by atoms with Gasteiger partial charge in [-0.15, -0.1) is 0 Å². The first kappa shape index (κ1) is 19.9. The molecule has 1 aliphatic carbocycles.